The van der Waals surface area contributed by atoms with Crippen molar-refractivity contribution in [1.29, 1.82) is 0 Å². The van der Waals surface area contributed by atoms with Crippen LogP contribution in [0.4, 0.5) is 0 Å². The maximum absolute atomic E-state index is 12.7. The van der Waals surface area contributed by atoms with E-state index in [1.807, 2.05) is 41.8 Å². The molecular weight excluding hydrogens is 292 g/mol. The molecule has 5 heteroatoms. The van der Waals surface area contributed by atoms with Gasteiger partial charge < -0.3 is 14.5 Å². The molecule has 2 aliphatic rings. The highest BCUT2D eigenvalue weighted by Crippen LogP contribution is 2.18. The van der Waals surface area contributed by atoms with Crippen LogP contribution in [0.2, 0.25) is 0 Å². The maximum atomic E-state index is 12.7. The summed E-state index contributed by atoms with van der Waals surface area (Å²) in [5, 5.41) is 0. The van der Waals surface area contributed by atoms with Gasteiger partial charge in [0.15, 0.2) is 0 Å². The zero-order valence-corrected chi connectivity index (χ0v) is 13.9. The van der Waals surface area contributed by atoms with Crippen LogP contribution < -0.4 is 0 Å². The number of amides is 2. The van der Waals surface area contributed by atoms with Gasteiger partial charge >= 0.3 is 0 Å². The Hall–Kier alpha value is -1.88. The Bertz CT molecular complexity index is 600. The van der Waals surface area contributed by atoms with E-state index in [1.54, 1.807) is 0 Å². The van der Waals surface area contributed by atoms with Gasteiger partial charge in [-0.2, -0.15) is 0 Å². The lowest BCUT2D eigenvalue weighted by Crippen LogP contribution is -2.52. The Labute approximate surface area is 137 Å². The zero-order chi connectivity index (χ0) is 16.4. The van der Waals surface area contributed by atoms with Gasteiger partial charge in [-0.1, -0.05) is 12.1 Å². The summed E-state index contributed by atoms with van der Waals surface area (Å²) in [6.45, 7) is 7.05. The minimum atomic E-state index is -0.267. The molecule has 124 valence electrons. The third-order valence-corrected chi connectivity index (χ3v) is 4.92. The van der Waals surface area contributed by atoms with Gasteiger partial charge in [0.05, 0.1) is 0 Å². The molecule has 1 aromatic carbocycles. The van der Waals surface area contributed by atoms with Crippen LogP contribution in [-0.2, 0) is 9.53 Å². The first-order valence-corrected chi connectivity index (χ1v) is 8.34. The average Bonchev–Trinajstić information content (AvgIpc) is 3.11. The van der Waals surface area contributed by atoms with Crippen molar-refractivity contribution in [3.63, 3.8) is 0 Å². The van der Waals surface area contributed by atoms with Crippen LogP contribution >= 0.6 is 0 Å². The van der Waals surface area contributed by atoms with Crippen LogP contribution in [-0.4, -0.2) is 60.5 Å². The molecule has 0 unspecified atom stereocenters. The topological polar surface area (TPSA) is 49.9 Å². The highest BCUT2D eigenvalue weighted by molar-refractivity contribution is 5.96. The number of ether oxygens (including phenoxy) is 1. The quantitative estimate of drug-likeness (QED) is 0.835. The summed E-state index contributed by atoms with van der Waals surface area (Å²) in [5.41, 5.74) is 2.93. The first kappa shape index (κ1) is 16.0. The molecule has 2 saturated heterocycles. The monoisotopic (exact) mass is 316 g/mol. The average molecular weight is 316 g/mol. The van der Waals surface area contributed by atoms with E-state index in [0.29, 0.717) is 32.8 Å². The molecule has 2 amide bonds. The van der Waals surface area contributed by atoms with Gasteiger partial charge in [0, 0.05) is 38.3 Å². The molecule has 23 heavy (non-hydrogen) atoms. The third kappa shape index (κ3) is 3.24. The zero-order valence-electron chi connectivity index (χ0n) is 13.9. The number of piperazine rings is 1. The van der Waals surface area contributed by atoms with E-state index in [0.717, 1.165) is 29.5 Å². The largest absolute Gasteiger partial charge is 0.368 e. The molecule has 0 N–H and O–H groups in total. The Morgan fingerprint density at radius 2 is 1.78 bits per heavy atom. The standard InChI is InChI=1S/C18H24N2O3/c1-13-5-3-6-15(14(13)2)17(21)19-8-10-20(11-9-19)18(22)16-7-4-12-23-16/h3,5-6,16H,4,7-12H2,1-2H3/t16-/m1/s1. The normalized spacial score (nSPS) is 21.6. The first-order valence-electron chi connectivity index (χ1n) is 8.34. The fourth-order valence-corrected chi connectivity index (χ4v) is 3.26. The van der Waals surface area contributed by atoms with Crippen LogP contribution in [0.25, 0.3) is 0 Å². The van der Waals surface area contributed by atoms with Crippen molar-refractivity contribution in [2.24, 2.45) is 0 Å². The third-order valence-electron chi connectivity index (χ3n) is 4.92. The van der Waals surface area contributed by atoms with Crippen LogP contribution in [0.15, 0.2) is 18.2 Å². The molecule has 1 atom stereocenters. The number of carbonyl (C=O) groups excluding carboxylic acids is 2. The Morgan fingerprint density at radius 1 is 1.09 bits per heavy atom. The summed E-state index contributed by atoms with van der Waals surface area (Å²) >= 11 is 0. The number of benzene rings is 1. The summed E-state index contributed by atoms with van der Waals surface area (Å²) in [4.78, 5) is 28.7. The van der Waals surface area contributed by atoms with Crippen LogP contribution in [0.1, 0.15) is 34.3 Å². The number of hydrogen-bond acceptors (Lipinski definition) is 3. The fraction of sp³-hybridized carbons (Fsp3) is 0.556. The molecule has 2 aliphatic heterocycles. The summed E-state index contributed by atoms with van der Waals surface area (Å²) in [6, 6.07) is 5.83. The fourth-order valence-electron chi connectivity index (χ4n) is 3.26. The molecule has 0 aliphatic carbocycles. The summed E-state index contributed by atoms with van der Waals surface area (Å²) < 4.78 is 5.47. The SMILES string of the molecule is Cc1cccc(C(=O)N2CCN(C(=O)[C@H]3CCCO3)CC2)c1C. The maximum Gasteiger partial charge on any atom is 0.254 e. The minimum Gasteiger partial charge on any atom is -0.368 e. The van der Waals surface area contributed by atoms with E-state index in [9.17, 15) is 9.59 Å². The van der Waals surface area contributed by atoms with Gasteiger partial charge in [0.2, 0.25) is 0 Å². The van der Waals surface area contributed by atoms with Crippen molar-refractivity contribution >= 4 is 11.8 Å². The Morgan fingerprint density at radius 3 is 2.43 bits per heavy atom. The van der Waals surface area contributed by atoms with E-state index in [1.165, 1.54) is 0 Å². The summed E-state index contributed by atoms with van der Waals surface area (Å²) in [5.74, 6) is 0.150. The molecule has 1 aromatic rings. The molecule has 0 bridgehead atoms. The lowest BCUT2D eigenvalue weighted by atomic mass is 10.0. The van der Waals surface area contributed by atoms with Gasteiger partial charge in [0.25, 0.3) is 11.8 Å². The molecule has 2 fully saturated rings. The van der Waals surface area contributed by atoms with Gasteiger partial charge in [-0.25, -0.2) is 0 Å². The molecule has 5 nitrogen and oxygen atoms in total. The lowest BCUT2D eigenvalue weighted by Gasteiger charge is -2.36. The minimum absolute atomic E-state index is 0.0652. The van der Waals surface area contributed by atoms with Crippen molar-refractivity contribution in [2.75, 3.05) is 32.8 Å². The van der Waals surface area contributed by atoms with Crippen LogP contribution in [0.5, 0.6) is 0 Å². The number of nitrogens with zero attached hydrogens (tertiary/aromatic N) is 2. The number of rotatable bonds is 2. The molecular formula is C18H24N2O3. The molecule has 2 heterocycles. The van der Waals surface area contributed by atoms with Crippen molar-refractivity contribution < 1.29 is 14.3 Å². The van der Waals surface area contributed by atoms with Crippen molar-refractivity contribution in [3.05, 3.63) is 34.9 Å². The second kappa shape index (κ2) is 6.71. The van der Waals surface area contributed by atoms with Crippen LogP contribution in [0, 0.1) is 13.8 Å². The second-order valence-electron chi connectivity index (χ2n) is 6.37. The van der Waals surface area contributed by atoms with Crippen molar-refractivity contribution in [3.8, 4) is 0 Å². The van der Waals surface area contributed by atoms with Crippen molar-refractivity contribution in [1.82, 2.24) is 9.80 Å². The lowest BCUT2D eigenvalue weighted by molar-refractivity contribution is -0.142. The number of hydrogen-bond donors (Lipinski definition) is 0. The molecule has 0 saturated carbocycles. The molecule has 0 aromatic heterocycles. The molecule has 0 radical (unpaired) electrons. The highest BCUT2D eigenvalue weighted by atomic mass is 16.5. The van der Waals surface area contributed by atoms with E-state index in [2.05, 4.69) is 0 Å². The summed E-state index contributed by atoms with van der Waals surface area (Å²) in [7, 11) is 0. The van der Waals surface area contributed by atoms with Crippen molar-refractivity contribution in [2.45, 2.75) is 32.8 Å². The van der Waals surface area contributed by atoms with Crippen LogP contribution in [0.3, 0.4) is 0 Å². The van der Waals surface area contributed by atoms with Gasteiger partial charge in [-0.05, 0) is 43.9 Å². The van der Waals surface area contributed by atoms with Gasteiger partial charge in [0.1, 0.15) is 6.10 Å². The number of carbonyl (C=O) groups is 2. The molecule has 3 rings (SSSR count). The summed E-state index contributed by atoms with van der Waals surface area (Å²) in [6.07, 6.45) is 1.51. The van der Waals surface area contributed by atoms with E-state index >= 15 is 0 Å². The Kier molecular flexibility index (Phi) is 4.66. The first-order chi connectivity index (χ1) is 11.1. The van der Waals surface area contributed by atoms with E-state index < -0.39 is 0 Å². The van der Waals surface area contributed by atoms with E-state index in [-0.39, 0.29) is 17.9 Å². The predicted octanol–water partition coefficient (Wildman–Crippen LogP) is 1.77. The molecule has 0 spiro atoms. The second-order valence-corrected chi connectivity index (χ2v) is 6.37. The van der Waals surface area contributed by atoms with Gasteiger partial charge in [-0.3, -0.25) is 9.59 Å². The van der Waals surface area contributed by atoms with E-state index in [4.69, 9.17) is 4.74 Å². The Balaban J connectivity index is 1.61. The highest BCUT2D eigenvalue weighted by Gasteiger charge is 2.31. The predicted molar refractivity (Wildman–Crippen MR) is 87.4 cm³/mol. The smallest absolute Gasteiger partial charge is 0.254 e. The van der Waals surface area contributed by atoms with Gasteiger partial charge in [-0.15, -0.1) is 0 Å². The number of aryl methyl sites for hydroxylation is 1.